The Bertz CT molecular complexity index is 556. The van der Waals surface area contributed by atoms with E-state index >= 15 is 0 Å². The van der Waals surface area contributed by atoms with Crippen LogP contribution in [0, 0.1) is 6.92 Å². The minimum Gasteiger partial charge on any atom is -0.309 e. The zero-order valence-corrected chi connectivity index (χ0v) is 11.9. The Morgan fingerprint density at radius 1 is 1.44 bits per heavy atom. The van der Waals surface area contributed by atoms with Gasteiger partial charge in [0.25, 0.3) is 0 Å². The van der Waals surface area contributed by atoms with Crippen molar-refractivity contribution in [1.82, 2.24) is 14.9 Å². The van der Waals surface area contributed by atoms with E-state index in [0.29, 0.717) is 6.04 Å². The summed E-state index contributed by atoms with van der Waals surface area (Å²) in [5.41, 5.74) is 3.70. The summed E-state index contributed by atoms with van der Waals surface area (Å²) in [7, 11) is 0. The minimum absolute atomic E-state index is 0.436. The molecule has 4 heteroatoms. The van der Waals surface area contributed by atoms with Crippen molar-refractivity contribution in [2.75, 3.05) is 6.54 Å². The molecule has 1 aromatic heterocycles. The first-order valence-corrected chi connectivity index (χ1v) is 7.08. The van der Waals surface area contributed by atoms with Gasteiger partial charge in [-0.25, -0.2) is 4.98 Å². The first-order valence-electron chi connectivity index (χ1n) is 6.28. The van der Waals surface area contributed by atoms with Crippen LogP contribution in [0.2, 0.25) is 0 Å². The van der Waals surface area contributed by atoms with Crippen molar-refractivity contribution in [2.24, 2.45) is 0 Å². The molecule has 3 rings (SSSR count). The topological polar surface area (TPSA) is 29.9 Å². The highest BCUT2D eigenvalue weighted by atomic mass is 79.9. The average molecular weight is 306 g/mol. The van der Waals surface area contributed by atoms with Gasteiger partial charge in [-0.2, -0.15) is 0 Å². The summed E-state index contributed by atoms with van der Waals surface area (Å²) in [6, 6.07) is 6.72. The highest BCUT2D eigenvalue weighted by Crippen LogP contribution is 2.28. The molecule has 0 amide bonds. The fourth-order valence-corrected chi connectivity index (χ4v) is 2.91. The predicted molar refractivity (Wildman–Crippen MR) is 76.0 cm³/mol. The van der Waals surface area contributed by atoms with E-state index in [2.05, 4.69) is 55.9 Å². The van der Waals surface area contributed by atoms with Gasteiger partial charge in [0.1, 0.15) is 0 Å². The lowest BCUT2D eigenvalue weighted by Gasteiger charge is -2.16. The summed E-state index contributed by atoms with van der Waals surface area (Å²) < 4.78 is 3.34. The van der Waals surface area contributed by atoms with Gasteiger partial charge in [-0.15, -0.1) is 0 Å². The lowest BCUT2D eigenvalue weighted by atomic mass is 10.1. The van der Waals surface area contributed by atoms with Crippen LogP contribution in [0.25, 0.3) is 5.69 Å². The third-order valence-electron chi connectivity index (χ3n) is 3.58. The smallest absolute Gasteiger partial charge is 0.0994 e. The summed E-state index contributed by atoms with van der Waals surface area (Å²) in [6.07, 6.45) is 6.32. The fourth-order valence-electron chi connectivity index (χ4n) is 2.56. The molecule has 1 saturated heterocycles. The second kappa shape index (κ2) is 4.86. The van der Waals surface area contributed by atoms with Crippen molar-refractivity contribution in [1.29, 1.82) is 0 Å². The molecule has 0 saturated carbocycles. The van der Waals surface area contributed by atoms with Crippen molar-refractivity contribution in [2.45, 2.75) is 25.8 Å². The predicted octanol–water partition coefficient (Wildman–Crippen LogP) is 3.37. The lowest BCUT2D eigenvalue weighted by molar-refractivity contribution is 0.614. The zero-order chi connectivity index (χ0) is 12.5. The second-order valence-corrected chi connectivity index (χ2v) is 5.58. The number of rotatable bonds is 2. The Morgan fingerprint density at radius 2 is 2.33 bits per heavy atom. The summed E-state index contributed by atoms with van der Waals surface area (Å²) in [4.78, 5) is 4.32. The Morgan fingerprint density at radius 3 is 3.11 bits per heavy atom. The second-order valence-electron chi connectivity index (χ2n) is 4.72. The van der Waals surface area contributed by atoms with Gasteiger partial charge in [-0.05, 0) is 44.0 Å². The molecule has 0 bridgehead atoms. The van der Waals surface area contributed by atoms with E-state index in [0.717, 1.165) is 11.0 Å². The molecule has 1 aromatic carbocycles. The van der Waals surface area contributed by atoms with Gasteiger partial charge in [0.2, 0.25) is 0 Å². The highest BCUT2D eigenvalue weighted by Gasteiger charge is 2.20. The molecule has 1 N–H and O–H groups in total. The van der Waals surface area contributed by atoms with Crippen LogP contribution in [0.1, 0.15) is 30.1 Å². The molecule has 94 valence electrons. The van der Waals surface area contributed by atoms with E-state index in [9.17, 15) is 0 Å². The van der Waals surface area contributed by atoms with Crippen LogP contribution in [-0.4, -0.2) is 16.1 Å². The average Bonchev–Trinajstić information content (AvgIpc) is 3.01. The molecular weight excluding hydrogens is 290 g/mol. The van der Waals surface area contributed by atoms with E-state index in [1.54, 1.807) is 0 Å². The third kappa shape index (κ3) is 1.99. The van der Waals surface area contributed by atoms with Crippen LogP contribution < -0.4 is 5.32 Å². The first-order chi connectivity index (χ1) is 8.77. The van der Waals surface area contributed by atoms with Crippen LogP contribution in [0.5, 0.6) is 0 Å². The Labute approximate surface area is 115 Å². The maximum Gasteiger partial charge on any atom is 0.0994 e. The standard InChI is InChI=1S/C14H16BrN3/c1-10-11(15)4-2-6-13(10)18-9-16-8-14(18)12-5-3-7-17-12/h2,4,6,8-9,12,17H,3,5,7H2,1H3/t12-/m0/s1. The van der Waals surface area contributed by atoms with Crippen LogP contribution in [0.4, 0.5) is 0 Å². The molecule has 18 heavy (non-hydrogen) atoms. The molecule has 1 aliphatic rings. The minimum atomic E-state index is 0.436. The molecule has 0 radical (unpaired) electrons. The van der Waals surface area contributed by atoms with E-state index in [4.69, 9.17) is 0 Å². The van der Waals surface area contributed by atoms with Crippen molar-refractivity contribution < 1.29 is 0 Å². The summed E-state index contributed by atoms with van der Waals surface area (Å²) in [5.74, 6) is 0. The van der Waals surface area contributed by atoms with Crippen LogP contribution >= 0.6 is 15.9 Å². The van der Waals surface area contributed by atoms with Crippen molar-refractivity contribution in [3.05, 3.63) is 46.5 Å². The summed E-state index contributed by atoms with van der Waals surface area (Å²) in [6.45, 7) is 3.23. The molecule has 1 aliphatic heterocycles. The van der Waals surface area contributed by atoms with Gasteiger partial charge in [-0.3, -0.25) is 0 Å². The van der Waals surface area contributed by atoms with E-state index in [-0.39, 0.29) is 0 Å². The van der Waals surface area contributed by atoms with Crippen LogP contribution in [-0.2, 0) is 0 Å². The molecule has 2 aromatic rings. The first kappa shape index (κ1) is 11.9. The Hall–Kier alpha value is -1.13. The number of hydrogen-bond acceptors (Lipinski definition) is 2. The molecule has 1 atom stereocenters. The van der Waals surface area contributed by atoms with Gasteiger partial charge < -0.3 is 9.88 Å². The molecule has 2 heterocycles. The lowest BCUT2D eigenvalue weighted by Crippen LogP contribution is -2.16. The molecule has 1 fully saturated rings. The van der Waals surface area contributed by atoms with Crippen molar-refractivity contribution >= 4 is 15.9 Å². The fraction of sp³-hybridized carbons (Fsp3) is 0.357. The molecule has 3 nitrogen and oxygen atoms in total. The van der Waals surface area contributed by atoms with E-state index in [1.807, 2.05) is 12.5 Å². The maximum atomic E-state index is 4.32. The Balaban J connectivity index is 2.06. The monoisotopic (exact) mass is 305 g/mol. The maximum absolute atomic E-state index is 4.32. The molecule has 0 spiro atoms. The highest BCUT2D eigenvalue weighted by molar-refractivity contribution is 9.10. The van der Waals surface area contributed by atoms with Gasteiger partial charge in [-0.1, -0.05) is 22.0 Å². The molecular formula is C14H16BrN3. The summed E-state index contributed by atoms with van der Waals surface area (Å²) >= 11 is 3.59. The van der Waals surface area contributed by atoms with Crippen molar-refractivity contribution in [3.63, 3.8) is 0 Å². The number of nitrogens with one attached hydrogen (secondary N) is 1. The number of hydrogen-bond donors (Lipinski definition) is 1. The van der Waals surface area contributed by atoms with Gasteiger partial charge in [0, 0.05) is 10.5 Å². The SMILES string of the molecule is Cc1c(Br)cccc1-n1cncc1[C@@H]1CCCN1. The number of aromatic nitrogens is 2. The summed E-state index contributed by atoms with van der Waals surface area (Å²) in [5, 5.41) is 3.53. The number of halogens is 1. The quantitative estimate of drug-likeness (QED) is 0.922. The van der Waals surface area contributed by atoms with Gasteiger partial charge >= 0.3 is 0 Å². The van der Waals surface area contributed by atoms with Gasteiger partial charge in [0.05, 0.1) is 23.9 Å². The van der Waals surface area contributed by atoms with Crippen LogP contribution in [0.15, 0.2) is 35.2 Å². The van der Waals surface area contributed by atoms with Gasteiger partial charge in [0.15, 0.2) is 0 Å². The molecule has 0 unspecified atom stereocenters. The number of nitrogens with zero attached hydrogens (tertiary/aromatic N) is 2. The Kier molecular flexibility index (Phi) is 3.22. The number of imidazole rings is 1. The third-order valence-corrected chi connectivity index (χ3v) is 4.44. The van der Waals surface area contributed by atoms with Crippen LogP contribution in [0.3, 0.4) is 0 Å². The zero-order valence-electron chi connectivity index (χ0n) is 10.4. The van der Waals surface area contributed by atoms with E-state index < -0.39 is 0 Å². The number of benzene rings is 1. The van der Waals surface area contributed by atoms with E-state index in [1.165, 1.54) is 29.8 Å². The largest absolute Gasteiger partial charge is 0.309 e. The molecule has 0 aliphatic carbocycles. The van der Waals surface area contributed by atoms with Crippen molar-refractivity contribution in [3.8, 4) is 5.69 Å². The normalized spacial score (nSPS) is 19.3.